The Morgan fingerprint density at radius 2 is 2.05 bits per heavy atom. The van der Waals surface area contributed by atoms with E-state index >= 15 is 0 Å². The van der Waals surface area contributed by atoms with Crippen molar-refractivity contribution in [2.45, 2.75) is 37.3 Å². The van der Waals surface area contributed by atoms with Gasteiger partial charge in [0.05, 0.1) is 11.5 Å². The summed E-state index contributed by atoms with van der Waals surface area (Å²) in [6, 6.07) is 5.02. The fraction of sp³-hybridized carbons (Fsp3) is 0.538. The zero-order valence-corrected chi connectivity index (χ0v) is 14.5. The monoisotopic (exact) mass is 345 g/mol. The number of nitrogens with zero attached hydrogens (tertiary/aromatic N) is 1. The van der Waals surface area contributed by atoms with Gasteiger partial charge >= 0.3 is 5.69 Å². The van der Waals surface area contributed by atoms with Crippen LogP contribution >= 0.6 is 15.9 Å². The summed E-state index contributed by atoms with van der Waals surface area (Å²) in [5.41, 5.74) is 0.855. The van der Waals surface area contributed by atoms with Gasteiger partial charge in [0, 0.05) is 25.8 Å². The van der Waals surface area contributed by atoms with E-state index in [0.29, 0.717) is 17.7 Å². The smallest absolute Gasteiger partial charge is 0.311 e. The lowest BCUT2D eigenvalue weighted by molar-refractivity contribution is -0.385. The first-order chi connectivity index (χ1) is 8.79. The van der Waals surface area contributed by atoms with Crippen LogP contribution in [0.15, 0.2) is 18.2 Å². The molecule has 0 spiro atoms. The molecule has 0 heterocycles. The van der Waals surface area contributed by atoms with Crippen molar-refractivity contribution in [2.24, 2.45) is 0 Å². The summed E-state index contributed by atoms with van der Waals surface area (Å²) in [5.74, 6) is 0.395. The Morgan fingerprint density at radius 1 is 1.42 bits per heavy atom. The van der Waals surface area contributed by atoms with Crippen molar-refractivity contribution in [3.63, 3.8) is 0 Å². The lowest BCUT2D eigenvalue weighted by Crippen LogP contribution is -2.28. The molecule has 0 aliphatic rings. The highest BCUT2D eigenvalue weighted by Crippen LogP contribution is 2.36. The van der Waals surface area contributed by atoms with Crippen LogP contribution in [0.25, 0.3) is 0 Å². The van der Waals surface area contributed by atoms with E-state index < -0.39 is 8.80 Å². The fourth-order valence-electron chi connectivity index (χ4n) is 1.41. The molecule has 0 atom stereocenters. The maximum atomic E-state index is 11.1. The van der Waals surface area contributed by atoms with E-state index in [9.17, 15) is 10.1 Å². The van der Waals surface area contributed by atoms with Crippen molar-refractivity contribution in [1.82, 2.24) is 0 Å². The highest BCUT2D eigenvalue weighted by atomic mass is 79.9. The molecule has 0 amide bonds. The summed E-state index contributed by atoms with van der Waals surface area (Å²) in [4.78, 5) is 10.7. The van der Waals surface area contributed by atoms with Crippen LogP contribution in [-0.4, -0.2) is 20.3 Å². The van der Waals surface area contributed by atoms with Gasteiger partial charge in [-0.3, -0.25) is 10.1 Å². The first-order valence-corrected chi connectivity index (χ1v) is 10.3. The molecular formula is C13H20BrNO3Si. The van der Waals surface area contributed by atoms with Crippen molar-refractivity contribution in [2.75, 3.05) is 6.61 Å². The maximum absolute atomic E-state index is 11.1. The SMILES string of the molecule is C[SiH](C)C(C)(C)COc1c(CBr)cccc1[N+](=O)[O-]. The molecule has 0 saturated carbocycles. The van der Waals surface area contributed by atoms with E-state index in [-0.39, 0.29) is 15.6 Å². The molecule has 6 heteroatoms. The molecule has 0 N–H and O–H groups in total. The second kappa shape index (κ2) is 6.52. The molecule has 0 aliphatic carbocycles. The summed E-state index contributed by atoms with van der Waals surface area (Å²) in [7, 11) is -0.892. The molecular weight excluding hydrogens is 326 g/mol. The van der Waals surface area contributed by atoms with Crippen LogP contribution in [0.3, 0.4) is 0 Å². The van der Waals surface area contributed by atoms with Crippen molar-refractivity contribution in [3.8, 4) is 5.75 Å². The summed E-state index contributed by atoms with van der Waals surface area (Å²) in [6.07, 6.45) is 0. The van der Waals surface area contributed by atoms with E-state index in [2.05, 4.69) is 42.9 Å². The minimum absolute atomic E-state index is 0.0400. The third kappa shape index (κ3) is 4.04. The van der Waals surface area contributed by atoms with E-state index in [1.54, 1.807) is 6.07 Å². The van der Waals surface area contributed by atoms with Crippen LogP contribution in [0.5, 0.6) is 5.75 Å². The first-order valence-electron chi connectivity index (χ1n) is 6.24. The van der Waals surface area contributed by atoms with Crippen LogP contribution in [0.4, 0.5) is 5.69 Å². The average Bonchev–Trinajstić information content (AvgIpc) is 2.35. The Hall–Kier alpha value is -0.883. The molecule has 0 unspecified atom stereocenters. The van der Waals surface area contributed by atoms with E-state index in [4.69, 9.17) is 4.74 Å². The minimum Gasteiger partial charge on any atom is -0.486 e. The number of alkyl halides is 1. The van der Waals surface area contributed by atoms with Gasteiger partial charge < -0.3 is 4.74 Å². The van der Waals surface area contributed by atoms with Crippen LogP contribution in [0.1, 0.15) is 19.4 Å². The van der Waals surface area contributed by atoms with Crippen LogP contribution < -0.4 is 4.74 Å². The van der Waals surface area contributed by atoms with Gasteiger partial charge in [-0.05, 0) is 5.04 Å². The van der Waals surface area contributed by atoms with Gasteiger partial charge in [0.2, 0.25) is 5.75 Å². The van der Waals surface area contributed by atoms with E-state index in [1.165, 1.54) is 6.07 Å². The Labute approximate surface area is 124 Å². The molecule has 0 aliphatic heterocycles. The second-order valence-corrected chi connectivity index (χ2v) is 10.0. The molecule has 0 bridgehead atoms. The van der Waals surface area contributed by atoms with Gasteiger partial charge in [-0.1, -0.05) is 55.0 Å². The van der Waals surface area contributed by atoms with Crippen molar-refractivity contribution in [3.05, 3.63) is 33.9 Å². The lowest BCUT2D eigenvalue weighted by Gasteiger charge is -2.28. The standard InChI is InChI=1S/C13H20BrNO3Si/c1-13(2,19(3)4)9-18-12-10(8-14)6-5-7-11(12)15(16)17/h5-7,19H,8-9H2,1-4H3. The van der Waals surface area contributed by atoms with Gasteiger partial charge in [-0.2, -0.15) is 0 Å². The third-order valence-electron chi connectivity index (χ3n) is 3.57. The topological polar surface area (TPSA) is 52.4 Å². The maximum Gasteiger partial charge on any atom is 0.311 e. The van der Waals surface area contributed by atoms with Crippen LogP contribution in [-0.2, 0) is 5.33 Å². The van der Waals surface area contributed by atoms with Gasteiger partial charge in [-0.15, -0.1) is 0 Å². The number of benzene rings is 1. The molecule has 106 valence electrons. The molecule has 4 nitrogen and oxygen atoms in total. The summed E-state index contributed by atoms with van der Waals surface area (Å²) in [5, 5.41) is 11.7. The molecule has 1 aromatic carbocycles. The predicted molar refractivity (Wildman–Crippen MR) is 84.1 cm³/mol. The number of hydrogen-bond acceptors (Lipinski definition) is 3. The largest absolute Gasteiger partial charge is 0.486 e. The number of halogens is 1. The number of ether oxygens (including phenoxy) is 1. The van der Waals surface area contributed by atoms with Crippen molar-refractivity contribution >= 4 is 30.4 Å². The molecule has 0 fully saturated rings. The molecule has 1 aromatic rings. The lowest BCUT2D eigenvalue weighted by atomic mass is 10.2. The average molecular weight is 346 g/mol. The number of nitro benzene ring substituents is 1. The highest BCUT2D eigenvalue weighted by Gasteiger charge is 2.27. The van der Waals surface area contributed by atoms with Crippen molar-refractivity contribution in [1.29, 1.82) is 0 Å². The Balaban J connectivity index is 3.02. The molecule has 1 rings (SSSR count). The fourth-order valence-corrected chi connectivity index (χ4v) is 2.27. The molecule has 0 saturated heterocycles. The van der Waals surface area contributed by atoms with Crippen LogP contribution in [0.2, 0.25) is 18.1 Å². The number of rotatable bonds is 6. The van der Waals surface area contributed by atoms with Gasteiger partial charge in [0.25, 0.3) is 0 Å². The van der Waals surface area contributed by atoms with E-state index in [1.807, 2.05) is 6.07 Å². The summed E-state index contributed by atoms with van der Waals surface area (Å²) < 4.78 is 5.81. The molecule has 0 aromatic heterocycles. The number of para-hydroxylation sites is 1. The van der Waals surface area contributed by atoms with E-state index in [0.717, 1.165) is 5.56 Å². The van der Waals surface area contributed by atoms with Crippen LogP contribution in [0, 0.1) is 10.1 Å². The summed E-state index contributed by atoms with van der Waals surface area (Å²) >= 11 is 3.35. The number of nitro groups is 1. The number of hydrogen-bond donors (Lipinski definition) is 0. The molecule has 0 radical (unpaired) electrons. The third-order valence-corrected chi connectivity index (χ3v) is 7.46. The normalized spacial score (nSPS) is 11.7. The summed E-state index contributed by atoms with van der Waals surface area (Å²) in [6.45, 7) is 9.35. The van der Waals surface area contributed by atoms with Gasteiger partial charge in [0.15, 0.2) is 0 Å². The minimum atomic E-state index is -0.892. The van der Waals surface area contributed by atoms with Crippen molar-refractivity contribution < 1.29 is 9.66 Å². The Bertz CT molecular complexity index is 463. The quantitative estimate of drug-likeness (QED) is 0.337. The zero-order chi connectivity index (χ0) is 14.6. The second-order valence-electron chi connectivity index (χ2n) is 5.59. The Kier molecular flexibility index (Phi) is 5.55. The van der Waals surface area contributed by atoms with Gasteiger partial charge in [0.1, 0.15) is 0 Å². The Morgan fingerprint density at radius 3 is 2.53 bits per heavy atom. The molecule has 19 heavy (non-hydrogen) atoms. The predicted octanol–water partition coefficient (Wildman–Crippen LogP) is 4.14. The van der Waals surface area contributed by atoms with Gasteiger partial charge in [-0.25, -0.2) is 0 Å². The highest BCUT2D eigenvalue weighted by molar-refractivity contribution is 9.08. The first kappa shape index (κ1) is 16.2. The zero-order valence-electron chi connectivity index (χ0n) is 11.8.